The average molecular weight is 469 g/mol. The van der Waals surface area contributed by atoms with Crippen LogP contribution in [-0.4, -0.2) is 47.0 Å². The number of carbonyl (C=O) groups is 1. The molecule has 0 spiro atoms. The van der Waals surface area contributed by atoms with Gasteiger partial charge in [0.15, 0.2) is 0 Å². The Bertz CT molecular complexity index is 1260. The summed E-state index contributed by atoms with van der Waals surface area (Å²) in [6.45, 7) is 4.81. The minimum Gasteiger partial charge on any atom is -0.507 e. The molecule has 1 aliphatic heterocycles. The molecule has 3 N–H and O–H groups in total. The Morgan fingerprint density at radius 3 is 2.36 bits per heavy atom. The van der Waals surface area contributed by atoms with Gasteiger partial charge >= 0.3 is 0 Å². The van der Waals surface area contributed by atoms with Crippen LogP contribution in [0.1, 0.15) is 47.3 Å². The maximum atomic E-state index is 12.9. The number of anilines is 1. The summed E-state index contributed by atoms with van der Waals surface area (Å²) in [6.07, 6.45) is 3.85. The molecule has 33 heavy (non-hydrogen) atoms. The number of phenolic OH excluding ortho intramolecular Hbond substituents is 1. The zero-order valence-corrected chi connectivity index (χ0v) is 19.6. The number of hydrogen-bond acceptors (Lipinski definition) is 5. The van der Waals surface area contributed by atoms with E-state index in [0.29, 0.717) is 30.0 Å². The van der Waals surface area contributed by atoms with Crippen LogP contribution in [0.15, 0.2) is 47.4 Å². The van der Waals surface area contributed by atoms with Gasteiger partial charge in [-0.1, -0.05) is 18.9 Å². The van der Waals surface area contributed by atoms with Crippen molar-refractivity contribution in [3.63, 3.8) is 0 Å². The number of sulfonamides is 1. The first-order chi connectivity index (χ1) is 15.8. The Labute approximate surface area is 193 Å². The number of hydrogen-bond donors (Lipinski definition) is 3. The quantitative estimate of drug-likeness (QED) is 0.519. The fourth-order valence-electron chi connectivity index (χ4n) is 4.07. The molecule has 174 valence electrons. The first kappa shape index (κ1) is 23.0. The zero-order chi connectivity index (χ0) is 23.6. The number of aromatic nitrogens is 2. The molecule has 1 saturated heterocycles. The number of phenols is 1. The van der Waals surface area contributed by atoms with Crippen LogP contribution in [0.4, 0.5) is 5.69 Å². The molecule has 0 aliphatic carbocycles. The minimum atomic E-state index is -3.54. The molecule has 0 radical (unpaired) electrons. The lowest BCUT2D eigenvalue weighted by Crippen LogP contribution is -2.31. The van der Waals surface area contributed by atoms with Crippen molar-refractivity contribution < 1.29 is 18.3 Å². The molecule has 2 aromatic carbocycles. The van der Waals surface area contributed by atoms with E-state index >= 15 is 0 Å². The zero-order valence-electron chi connectivity index (χ0n) is 18.8. The van der Waals surface area contributed by atoms with Crippen LogP contribution in [0.2, 0.25) is 0 Å². The summed E-state index contributed by atoms with van der Waals surface area (Å²) in [4.78, 5) is 12.9. The normalized spacial score (nSPS) is 15.2. The Morgan fingerprint density at radius 2 is 1.70 bits per heavy atom. The van der Waals surface area contributed by atoms with Crippen LogP contribution in [0, 0.1) is 13.8 Å². The van der Waals surface area contributed by atoms with Crippen LogP contribution >= 0.6 is 0 Å². The van der Waals surface area contributed by atoms with E-state index in [2.05, 4.69) is 15.5 Å². The second-order valence-electron chi connectivity index (χ2n) is 8.44. The Kier molecular flexibility index (Phi) is 6.53. The third kappa shape index (κ3) is 4.94. The van der Waals surface area contributed by atoms with Gasteiger partial charge in [0.05, 0.1) is 10.6 Å². The van der Waals surface area contributed by atoms with Gasteiger partial charge in [0, 0.05) is 24.3 Å². The summed E-state index contributed by atoms with van der Waals surface area (Å²) in [7, 11) is -3.54. The summed E-state index contributed by atoms with van der Waals surface area (Å²) in [5.74, 6) is -0.291. The molecule has 9 heteroatoms. The van der Waals surface area contributed by atoms with E-state index < -0.39 is 15.9 Å². The predicted molar refractivity (Wildman–Crippen MR) is 127 cm³/mol. The van der Waals surface area contributed by atoms with Gasteiger partial charge in [0.1, 0.15) is 11.4 Å². The minimum absolute atomic E-state index is 0.125. The number of amides is 1. The van der Waals surface area contributed by atoms with E-state index in [4.69, 9.17) is 0 Å². The fourth-order valence-corrected chi connectivity index (χ4v) is 5.59. The van der Waals surface area contributed by atoms with Gasteiger partial charge in [0.2, 0.25) is 10.0 Å². The van der Waals surface area contributed by atoms with E-state index in [1.807, 2.05) is 26.0 Å². The van der Waals surface area contributed by atoms with Gasteiger partial charge < -0.3 is 10.4 Å². The number of rotatable bonds is 5. The Hall–Kier alpha value is -3.17. The molecule has 1 amide bonds. The van der Waals surface area contributed by atoms with Gasteiger partial charge in [-0.05, 0) is 74.2 Å². The molecular formula is C24H28N4O4S. The SMILES string of the molecule is Cc1cc(C)c(O)c(-c2cc(C(=O)Nc3ccc(S(=O)(=O)N4CCCCCC4)cc3)[nH]n2)c1. The molecule has 0 unspecified atom stereocenters. The first-order valence-electron chi connectivity index (χ1n) is 11.0. The fraction of sp³-hybridized carbons (Fsp3) is 0.333. The van der Waals surface area contributed by atoms with E-state index in [9.17, 15) is 18.3 Å². The topological polar surface area (TPSA) is 115 Å². The highest BCUT2D eigenvalue weighted by atomic mass is 32.2. The van der Waals surface area contributed by atoms with Crippen molar-refractivity contribution in [1.29, 1.82) is 0 Å². The Morgan fingerprint density at radius 1 is 1.03 bits per heavy atom. The van der Waals surface area contributed by atoms with Crippen molar-refractivity contribution in [3.8, 4) is 17.0 Å². The molecule has 1 aromatic heterocycles. The van der Waals surface area contributed by atoms with Crippen molar-refractivity contribution in [2.45, 2.75) is 44.4 Å². The van der Waals surface area contributed by atoms with Crippen molar-refractivity contribution in [2.24, 2.45) is 0 Å². The lowest BCUT2D eigenvalue weighted by Gasteiger charge is -2.20. The number of aromatic hydroxyl groups is 1. The molecular weight excluding hydrogens is 440 g/mol. The molecule has 8 nitrogen and oxygen atoms in total. The molecule has 3 aromatic rings. The third-order valence-corrected chi connectivity index (χ3v) is 7.77. The van der Waals surface area contributed by atoms with Gasteiger partial charge in [-0.15, -0.1) is 0 Å². The number of benzene rings is 2. The second-order valence-corrected chi connectivity index (χ2v) is 10.4. The number of aryl methyl sites for hydroxylation is 2. The maximum Gasteiger partial charge on any atom is 0.273 e. The van der Waals surface area contributed by atoms with Crippen molar-refractivity contribution in [2.75, 3.05) is 18.4 Å². The summed E-state index contributed by atoms with van der Waals surface area (Å²) in [5.41, 5.74) is 3.41. The maximum absolute atomic E-state index is 12.9. The molecule has 4 rings (SSSR count). The second kappa shape index (κ2) is 9.36. The van der Waals surface area contributed by atoms with E-state index in [1.54, 1.807) is 22.5 Å². The summed E-state index contributed by atoms with van der Waals surface area (Å²) < 4.78 is 27.4. The highest BCUT2D eigenvalue weighted by molar-refractivity contribution is 7.89. The number of aromatic amines is 1. The van der Waals surface area contributed by atoms with Crippen LogP contribution in [0.3, 0.4) is 0 Å². The van der Waals surface area contributed by atoms with Crippen LogP contribution in [0.25, 0.3) is 11.3 Å². The first-order valence-corrected chi connectivity index (χ1v) is 12.5. The van der Waals surface area contributed by atoms with E-state index in [0.717, 1.165) is 36.8 Å². The molecule has 1 fully saturated rings. The lowest BCUT2D eigenvalue weighted by atomic mass is 10.0. The average Bonchev–Trinajstić information content (AvgIpc) is 3.11. The summed E-state index contributed by atoms with van der Waals surface area (Å²) in [6, 6.07) is 11.4. The summed E-state index contributed by atoms with van der Waals surface area (Å²) >= 11 is 0. The lowest BCUT2D eigenvalue weighted by molar-refractivity contribution is 0.102. The van der Waals surface area contributed by atoms with Gasteiger partial charge in [-0.2, -0.15) is 9.40 Å². The Balaban J connectivity index is 1.48. The summed E-state index contributed by atoms with van der Waals surface area (Å²) in [5, 5.41) is 20.0. The monoisotopic (exact) mass is 468 g/mol. The molecule has 0 bridgehead atoms. The predicted octanol–water partition coefficient (Wildman–Crippen LogP) is 4.22. The number of nitrogens with zero attached hydrogens (tertiary/aromatic N) is 2. The third-order valence-electron chi connectivity index (χ3n) is 5.86. The highest BCUT2D eigenvalue weighted by Gasteiger charge is 2.25. The molecule has 2 heterocycles. The smallest absolute Gasteiger partial charge is 0.273 e. The molecule has 1 aliphatic rings. The number of carbonyl (C=O) groups excluding carboxylic acids is 1. The van der Waals surface area contributed by atoms with Gasteiger partial charge in [-0.3, -0.25) is 9.89 Å². The van der Waals surface area contributed by atoms with Crippen molar-refractivity contribution in [1.82, 2.24) is 14.5 Å². The van der Waals surface area contributed by atoms with E-state index in [-0.39, 0.29) is 16.3 Å². The van der Waals surface area contributed by atoms with Crippen molar-refractivity contribution in [3.05, 3.63) is 59.3 Å². The van der Waals surface area contributed by atoms with Crippen LogP contribution in [0.5, 0.6) is 5.75 Å². The van der Waals surface area contributed by atoms with Crippen LogP contribution in [-0.2, 0) is 10.0 Å². The molecule has 0 saturated carbocycles. The number of H-pyrrole nitrogens is 1. The number of nitrogens with one attached hydrogen (secondary N) is 2. The standard InChI is InChI=1S/C24H28N4O4S/c1-16-13-17(2)23(29)20(14-16)21-15-22(27-26-21)24(30)25-18-7-9-19(10-8-18)33(31,32)28-11-5-3-4-6-12-28/h7-10,13-15,29H,3-6,11-12H2,1-2H3,(H,25,30)(H,26,27). The van der Waals surface area contributed by atoms with Crippen LogP contribution < -0.4 is 5.32 Å². The van der Waals surface area contributed by atoms with Crippen molar-refractivity contribution >= 4 is 21.6 Å². The molecule has 0 atom stereocenters. The largest absolute Gasteiger partial charge is 0.507 e. The highest BCUT2D eigenvalue weighted by Crippen LogP contribution is 2.32. The van der Waals surface area contributed by atoms with Gasteiger partial charge in [0.25, 0.3) is 5.91 Å². The van der Waals surface area contributed by atoms with E-state index in [1.165, 1.54) is 12.1 Å². The van der Waals surface area contributed by atoms with Gasteiger partial charge in [-0.25, -0.2) is 8.42 Å².